The van der Waals surface area contributed by atoms with E-state index in [1.54, 1.807) is 40.9 Å². The van der Waals surface area contributed by atoms with Crippen molar-refractivity contribution in [2.24, 2.45) is 11.8 Å². The zero-order chi connectivity index (χ0) is 24.3. The lowest BCUT2D eigenvalue weighted by Crippen LogP contribution is -2.30. The van der Waals surface area contributed by atoms with Crippen LogP contribution >= 0.6 is 11.8 Å². The summed E-state index contributed by atoms with van der Waals surface area (Å²) in [4.78, 5) is 27.3. The van der Waals surface area contributed by atoms with E-state index in [4.69, 9.17) is 0 Å². The summed E-state index contributed by atoms with van der Waals surface area (Å²) in [6, 6.07) is 9.28. The third kappa shape index (κ3) is 6.56. The number of carbonyl (C=O) groups excluding carboxylic acids is 2. The Bertz CT molecular complexity index is 1080. The van der Waals surface area contributed by atoms with E-state index >= 15 is 0 Å². The van der Waals surface area contributed by atoms with Gasteiger partial charge >= 0.3 is 0 Å². The summed E-state index contributed by atoms with van der Waals surface area (Å²) < 4.78 is 12.0. The van der Waals surface area contributed by atoms with Crippen molar-refractivity contribution in [2.75, 3.05) is 19.8 Å². The minimum Gasteiger partial charge on any atom is -0.342 e. The SMILES string of the molecule is N#Cc1cc(C#N)cc(C2=CC=CC(C3CN(C(=O)CC/C=C\C/C=C\CF)CC3C=O)S2)c1. The van der Waals surface area contributed by atoms with Crippen molar-refractivity contribution in [1.82, 2.24) is 4.90 Å². The maximum absolute atomic E-state index is 12.7. The second kappa shape index (κ2) is 12.7. The molecule has 0 aliphatic carbocycles. The van der Waals surface area contributed by atoms with Gasteiger partial charge in [-0.3, -0.25) is 4.79 Å². The van der Waals surface area contributed by atoms with Gasteiger partial charge in [0.2, 0.25) is 5.91 Å². The van der Waals surface area contributed by atoms with Crippen LogP contribution in [0.3, 0.4) is 0 Å². The number of allylic oxidation sites excluding steroid dienone is 6. The molecular formula is C27H26FN3O2S. The van der Waals surface area contributed by atoms with E-state index in [1.807, 2.05) is 24.3 Å². The molecule has 0 aromatic heterocycles. The minimum absolute atomic E-state index is 0.00599. The number of amides is 1. The lowest BCUT2D eigenvalue weighted by molar-refractivity contribution is -0.130. The van der Waals surface area contributed by atoms with Crippen molar-refractivity contribution < 1.29 is 14.0 Å². The maximum Gasteiger partial charge on any atom is 0.222 e. The quantitative estimate of drug-likeness (QED) is 0.372. The van der Waals surface area contributed by atoms with E-state index in [1.165, 1.54) is 6.08 Å². The highest BCUT2D eigenvalue weighted by molar-refractivity contribution is 8.09. The first kappa shape index (κ1) is 25.2. The fraction of sp³-hybridized carbons (Fsp3) is 0.333. The third-order valence-electron chi connectivity index (χ3n) is 5.87. The van der Waals surface area contributed by atoms with Gasteiger partial charge in [0.1, 0.15) is 13.0 Å². The highest BCUT2D eigenvalue weighted by Crippen LogP contribution is 2.42. The molecule has 5 nitrogen and oxygen atoms in total. The summed E-state index contributed by atoms with van der Waals surface area (Å²) in [6.07, 6.45) is 15.6. The maximum atomic E-state index is 12.7. The number of halogens is 1. The summed E-state index contributed by atoms with van der Waals surface area (Å²) in [5.41, 5.74) is 1.66. The molecule has 3 rings (SSSR count). The third-order valence-corrected chi connectivity index (χ3v) is 7.27. The molecule has 1 amide bonds. The Kier molecular flexibility index (Phi) is 9.43. The Balaban J connectivity index is 1.62. The largest absolute Gasteiger partial charge is 0.342 e. The van der Waals surface area contributed by atoms with Crippen LogP contribution in [-0.4, -0.2) is 42.1 Å². The van der Waals surface area contributed by atoms with Crippen molar-refractivity contribution in [1.29, 1.82) is 10.5 Å². The molecule has 0 N–H and O–H groups in total. The zero-order valence-electron chi connectivity index (χ0n) is 18.8. The number of carbonyl (C=O) groups is 2. The lowest BCUT2D eigenvalue weighted by Gasteiger charge is -2.26. The number of rotatable bonds is 9. The first-order valence-corrected chi connectivity index (χ1v) is 12.1. The summed E-state index contributed by atoms with van der Waals surface area (Å²) in [7, 11) is 0. The van der Waals surface area contributed by atoms with Crippen molar-refractivity contribution in [2.45, 2.75) is 24.5 Å². The van der Waals surface area contributed by atoms with Crippen molar-refractivity contribution >= 4 is 28.9 Å². The number of aldehydes is 1. The van der Waals surface area contributed by atoms with Gasteiger partial charge < -0.3 is 9.69 Å². The second-order valence-electron chi connectivity index (χ2n) is 8.15. The smallest absolute Gasteiger partial charge is 0.222 e. The summed E-state index contributed by atoms with van der Waals surface area (Å²) >= 11 is 1.60. The van der Waals surface area contributed by atoms with E-state index in [0.29, 0.717) is 43.5 Å². The van der Waals surface area contributed by atoms with Gasteiger partial charge in [-0.1, -0.05) is 36.5 Å². The predicted molar refractivity (Wildman–Crippen MR) is 132 cm³/mol. The number of nitrogens with zero attached hydrogens (tertiary/aromatic N) is 3. The first-order valence-electron chi connectivity index (χ1n) is 11.2. The van der Waals surface area contributed by atoms with Crippen molar-refractivity contribution in [3.05, 3.63) is 77.4 Å². The van der Waals surface area contributed by atoms with Gasteiger partial charge in [0, 0.05) is 41.5 Å². The molecule has 34 heavy (non-hydrogen) atoms. The minimum atomic E-state index is -0.473. The molecular weight excluding hydrogens is 449 g/mol. The molecule has 1 saturated heterocycles. The second-order valence-corrected chi connectivity index (χ2v) is 9.37. The molecule has 0 bridgehead atoms. The average Bonchev–Trinajstić information content (AvgIpc) is 3.32. The number of likely N-dealkylation sites (tertiary alicyclic amines) is 1. The van der Waals surface area contributed by atoms with Crippen LogP contribution in [0.2, 0.25) is 0 Å². The van der Waals surface area contributed by atoms with E-state index in [0.717, 1.165) is 16.8 Å². The predicted octanol–water partition coefficient (Wildman–Crippen LogP) is 4.97. The van der Waals surface area contributed by atoms with Gasteiger partial charge in [0.25, 0.3) is 0 Å². The molecule has 1 fully saturated rings. The fourth-order valence-corrected chi connectivity index (χ4v) is 5.47. The van der Waals surface area contributed by atoms with E-state index in [2.05, 4.69) is 18.2 Å². The number of thioether (sulfide) groups is 1. The molecule has 1 aromatic rings. The highest BCUT2D eigenvalue weighted by atomic mass is 32.2. The standard InChI is InChI=1S/C27H26FN3O2S/c28-11-6-4-2-1-3-5-10-27(33)31-17-23(19-32)24(18-31)26-9-7-8-25(34-26)22-13-20(15-29)12-21(14-22)16-30/h1,3-4,6-9,12-14,19,23-24,26H,2,5,10-11,17-18H2/b3-1-,6-4-. The summed E-state index contributed by atoms with van der Waals surface area (Å²) in [6.45, 7) is 0.462. The Morgan fingerprint density at radius 1 is 1.12 bits per heavy atom. The zero-order valence-corrected chi connectivity index (χ0v) is 19.6. The molecule has 2 aliphatic heterocycles. The van der Waals surface area contributed by atoms with Crippen LogP contribution in [0, 0.1) is 34.5 Å². The number of alkyl halides is 1. The molecule has 7 heteroatoms. The van der Waals surface area contributed by atoms with Crippen molar-refractivity contribution in [3.8, 4) is 12.1 Å². The Labute approximate surface area is 203 Å². The van der Waals surface area contributed by atoms with Gasteiger partial charge in [-0.2, -0.15) is 10.5 Å². The van der Waals surface area contributed by atoms with Gasteiger partial charge in [-0.05, 0) is 42.7 Å². The molecule has 2 heterocycles. The Morgan fingerprint density at radius 3 is 2.53 bits per heavy atom. The van der Waals surface area contributed by atoms with Crippen LogP contribution in [0.4, 0.5) is 4.39 Å². The molecule has 1 aromatic carbocycles. The van der Waals surface area contributed by atoms with Gasteiger partial charge in [0.15, 0.2) is 0 Å². The normalized spacial score (nSPS) is 22.0. The monoisotopic (exact) mass is 475 g/mol. The molecule has 0 radical (unpaired) electrons. The molecule has 0 spiro atoms. The molecule has 174 valence electrons. The van der Waals surface area contributed by atoms with Crippen LogP contribution in [0.15, 0.2) is 60.7 Å². The lowest BCUT2D eigenvalue weighted by atomic mass is 9.93. The summed E-state index contributed by atoms with van der Waals surface area (Å²) in [5.74, 6) is -0.228. The van der Waals surface area contributed by atoms with Crippen LogP contribution in [0.1, 0.15) is 36.0 Å². The van der Waals surface area contributed by atoms with E-state index in [9.17, 15) is 24.5 Å². The topological polar surface area (TPSA) is 85.0 Å². The van der Waals surface area contributed by atoms with E-state index in [-0.39, 0.29) is 23.0 Å². The first-order chi connectivity index (χ1) is 16.6. The van der Waals surface area contributed by atoms with Gasteiger partial charge in [0.05, 0.1) is 23.3 Å². The number of nitriles is 2. The fourth-order valence-electron chi connectivity index (χ4n) is 4.14. The number of benzene rings is 1. The average molecular weight is 476 g/mol. The summed E-state index contributed by atoms with van der Waals surface area (Å²) in [5, 5.41) is 18.6. The van der Waals surface area contributed by atoms with Crippen LogP contribution in [0.25, 0.3) is 4.91 Å². The molecule has 2 aliphatic rings. The Morgan fingerprint density at radius 2 is 1.85 bits per heavy atom. The molecule has 3 atom stereocenters. The van der Waals surface area contributed by atoms with Crippen LogP contribution in [0.5, 0.6) is 0 Å². The van der Waals surface area contributed by atoms with Gasteiger partial charge in [-0.15, -0.1) is 11.8 Å². The van der Waals surface area contributed by atoms with Crippen LogP contribution in [-0.2, 0) is 9.59 Å². The molecule has 0 saturated carbocycles. The molecule has 3 unspecified atom stereocenters. The number of hydrogen-bond donors (Lipinski definition) is 0. The van der Waals surface area contributed by atoms with Gasteiger partial charge in [-0.25, -0.2) is 4.39 Å². The van der Waals surface area contributed by atoms with E-state index < -0.39 is 6.67 Å². The van der Waals surface area contributed by atoms with Crippen molar-refractivity contribution in [3.63, 3.8) is 0 Å². The highest BCUT2D eigenvalue weighted by Gasteiger charge is 2.39. The van der Waals surface area contributed by atoms with Crippen LogP contribution < -0.4 is 0 Å². The number of hydrogen-bond acceptors (Lipinski definition) is 5. The Hall–Kier alpha value is -3.42.